The van der Waals surface area contributed by atoms with Gasteiger partial charge in [-0.15, -0.1) is 0 Å². The van der Waals surface area contributed by atoms with Gasteiger partial charge in [-0.25, -0.2) is 4.39 Å². The van der Waals surface area contributed by atoms with Crippen molar-refractivity contribution in [2.75, 3.05) is 23.3 Å². The number of halogens is 1. The van der Waals surface area contributed by atoms with Crippen molar-refractivity contribution in [1.82, 2.24) is 0 Å². The van der Waals surface area contributed by atoms with Crippen LogP contribution in [-0.2, 0) is 0 Å². The second-order valence-corrected chi connectivity index (χ2v) is 4.66. The van der Waals surface area contributed by atoms with Crippen molar-refractivity contribution < 1.29 is 9.50 Å². The normalized spacial score (nSPS) is 16.7. The Hall–Kier alpha value is -2.00. The molecule has 0 saturated heterocycles. The van der Waals surface area contributed by atoms with Crippen LogP contribution in [0.1, 0.15) is 24.8 Å². The first-order chi connectivity index (χ1) is 8.47. The second kappa shape index (κ2) is 4.35. The molecule has 0 amide bonds. The molecule has 1 fully saturated rings. The Morgan fingerprint density at radius 2 is 2.11 bits per heavy atom. The van der Waals surface area contributed by atoms with Gasteiger partial charge in [0.2, 0.25) is 0 Å². The van der Waals surface area contributed by atoms with E-state index < -0.39 is 11.4 Å². The number of anilines is 3. The Morgan fingerprint density at radius 3 is 2.61 bits per heavy atom. The Morgan fingerprint density at radius 1 is 1.44 bits per heavy atom. The van der Waals surface area contributed by atoms with E-state index in [1.165, 1.54) is 6.07 Å². The minimum absolute atomic E-state index is 0.156. The van der Waals surface area contributed by atoms with Gasteiger partial charge in [0.1, 0.15) is 11.6 Å². The van der Waals surface area contributed by atoms with Crippen LogP contribution in [0.15, 0.2) is 6.07 Å². The Bertz CT molecular complexity index is 520. The zero-order valence-corrected chi connectivity index (χ0v) is 9.83. The summed E-state index contributed by atoms with van der Waals surface area (Å²) >= 11 is 0. The molecule has 5 nitrogen and oxygen atoms in total. The molecule has 1 aliphatic carbocycles. The standard InChI is InChI=1S/C12H15FN4O/c13-10-7(5-14)11(9(16)4-8(10)15)17-6-12(18)2-1-3-12/h4,17-18H,1-3,6,15-16H2. The van der Waals surface area contributed by atoms with E-state index >= 15 is 0 Å². The molecule has 6 N–H and O–H groups in total. The van der Waals surface area contributed by atoms with Crippen molar-refractivity contribution in [2.45, 2.75) is 24.9 Å². The van der Waals surface area contributed by atoms with Crippen molar-refractivity contribution in [1.29, 1.82) is 5.26 Å². The molecule has 0 unspecified atom stereocenters. The highest BCUT2D eigenvalue weighted by molar-refractivity contribution is 5.78. The lowest BCUT2D eigenvalue weighted by Gasteiger charge is -2.37. The van der Waals surface area contributed by atoms with Gasteiger partial charge in [0.15, 0.2) is 5.82 Å². The smallest absolute Gasteiger partial charge is 0.166 e. The maximum Gasteiger partial charge on any atom is 0.166 e. The van der Waals surface area contributed by atoms with E-state index in [1.807, 2.05) is 0 Å². The van der Waals surface area contributed by atoms with Gasteiger partial charge < -0.3 is 21.9 Å². The Labute approximate surface area is 104 Å². The quantitative estimate of drug-likeness (QED) is 0.602. The molecule has 1 aromatic carbocycles. The molecule has 0 radical (unpaired) electrons. The van der Waals surface area contributed by atoms with Crippen LogP contribution >= 0.6 is 0 Å². The van der Waals surface area contributed by atoms with E-state index in [0.717, 1.165) is 6.42 Å². The molecule has 18 heavy (non-hydrogen) atoms. The minimum Gasteiger partial charge on any atom is -0.397 e. The molecule has 0 aromatic heterocycles. The van der Waals surface area contributed by atoms with E-state index in [1.54, 1.807) is 6.07 Å². The summed E-state index contributed by atoms with van der Waals surface area (Å²) in [5.74, 6) is -0.783. The predicted octanol–water partition coefficient (Wildman–Crippen LogP) is 1.19. The highest BCUT2D eigenvalue weighted by Crippen LogP contribution is 2.34. The van der Waals surface area contributed by atoms with Crippen LogP contribution in [0.2, 0.25) is 0 Å². The van der Waals surface area contributed by atoms with Crippen LogP contribution in [0.25, 0.3) is 0 Å². The largest absolute Gasteiger partial charge is 0.397 e. The maximum atomic E-state index is 13.7. The third kappa shape index (κ3) is 2.05. The molecule has 0 bridgehead atoms. The van der Waals surface area contributed by atoms with Crippen LogP contribution in [0.3, 0.4) is 0 Å². The molecule has 0 spiro atoms. The first kappa shape index (κ1) is 12.5. The lowest BCUT2D eigenvalue weighted by Crippen LogP contribution is -2.43. The third-order valence-corrected chi connectivity index (χ3v) is 3.31. The Kier molecular flexibility index (Phi) is 3.01. The van der Waals surface area contributed by atoms with E-state index in [9.17, 15) is 9.50 Å². The molecule has 1 aromatic rings. The summed E-state index contributed by atoms with van der Waals surface area (Å²) in [6.07, 6.45) is 2.35. The first-order valence-corrected chi connectivity index (χ1v) is 5.71. The second-order valence-electron chi connectivity index (χ2n) is 4.66. The molecule has 0 aliphatic heterocycles. The zero-order valence-electron chi connectivity index (χ0n) is 9.83. The van der Waals surface area contributed by atoms with Crippen LogP contribution in [-0.4, -0.2) is 17.3 Å². The molecule has 0 heterocycles. The van der Waals surface area contributed by atoms with Gasteiger partial charge in [-0.05, 0) is 25.3 Å². The summed E-state index contributed by atoms with van der Waals surface area (Å²) < 4.78 is 13.7. The van der Waals surface area contributed by atoms with Crippen molar-refractivity contribution in [3.05, 3.63) is 17.4 Å². The number of hydrogen-bond donors (Lipinski definition) is 4. The summed E-state index contributed by atoms with van der Waals surface area (Å²) in [6.45, 7) is 0.245. The molecule has 0 atom stereocenters. The van der Waals surface area contributed by atoms with Crippen molar-refractivity contribution in [3.8, 4) is 6.07 Å². The number of benzene rings is 1. The number of rotatable bonds is 3. The van der Waals surface area contributed by atoms with E-state index in [4.69, 9.17) is 16.7 Å². The summed E-state index contributed by atoms with van der Waals surface area (Å²) in [7, 11) is 0. The van der Waals surface area contributed by atoms with Crippen LogP contribution in [0.4, 0.5) is 21.5 Å². The first-order valence-electron chi connectivity index (χ1n) is 5.71. The maximum absolute atomic E-state index is 13.7. The van der Waals surface area contributed by atoms with Crippen molar-refractivity contribution in [3.63, 3.8) is 0 Å². The number of nitriles is 1. The molecule has 1 saturated carbocycles. The highest BCUT2D eigenvalue weighted by Gasteiger charge is 2.34. The van der Waals surface area contributed by atoms with Crippen LogP contribution in [0, 0.1) is 17.1 Å². The lowest BCUT2D eigenvalue weighted by atomic mass is 9.80. The van der Waals surface area contributed by atoms with Crippen LogP contribution in [0.5, 0.6) is 0 Å². The molecular weight excluding hydrogens is 235 g/mol. The number of nitrogens with one attached hydrogen (secondary N) is 1. The highest BCUT2D eigenvalue weighted by atomic mass is 19.1. The van der Waals surface area contributed by atoms with Crippen molar-refractivity contribution in [2.24, 2.45) is 0 Å². The van der Waals surface area contributed by atoms with E-state index in [0.29, 0.717) is 12.8 Å². The fraction of sp³-hybridized carbons (Fsp3) is 0.417. The van der Waals surface area contributed by atoms with Gasteiger partial charge in [-0.2, -0.15) is 5.26 Å². The Balaban J connectivity index is 2.27. The SMILES string of the molecule is N#Cc1c(F)c(N)cc(N)c1NCC1(O)CCC1. The molecule has 96 valence electrons. The van der Waals surface area contributed by atoms with E-state index in [2.05, 4.69) is 5.32 Å². The van der Waals surface area contributed by atoms with Gasteiger partial charge in [-0.1, -0.05) is 0 Å². The van der Waals surface area contributed by atoms with Gasteiger partial charge in [0.25, 0.3) is 0 Å². The predicted molar refractivity (Wildman–Crippen MR) is 67.2 cm³/mol. The number of hydrogen-bond acceptors (Lipinski definition) is 5. The fourth-order valence-electron chi connectivity index (χ4n) is 2.01. The third-order valence-electron chi connectivity index (χ3n) is 3.31. The number of nitrogens with two attached hydrogens (primary N) is 2. The fourth-order valence-corrected chi connectivity index (χ4v) is 2.01. The summed E-state index contributed by atoms with van der Waals surface area (Å²) in [5.41, 5.74) is 10.4. The van der Waals surface area contributed by atoms with Crippen molar-refractivity contribution >= 4 is 17.1 Å². The lowest BCUT2D eigenvalue weighted by molar-refractivity contribution is -0.0201. The summed E-state index contributed by atoms with van der Waals surface area (Å²) in [6, 6.07) is 3.01. The topological polar surface area (TPSA) is 108 Å². The van der Waals surface area contributed by atoms with Gasteiger partial charge >= 0.3 is 0 Å². The molecule has 1 aliphatic rings. The number of nitrogens with zero attached hydrogens (tertiary/aromatic N) is 1. The van der Waals surface area contributed by atoms with Gasteiger partial charge in [-0.3, -0.25) is 0 Å². The number of nitrogen functional groups attached to an aromatic ring is 2. The monoisotopic (exact) mass is 250 g/mol. The molecular formula is C12H15FN4O. The number of aliphatic hydroxyl groups is 1. The summed E-state index contributed by atoms with van der Waals surface area (Å²) in [4.78, 5) is 0. The zero-order chi connectivity index (χ0) is 13.3. The van der Waals surface area contributed by atoms with E-state index in [-0.39, 0.29) is 29.2 Å². The molecule has 2 rings (SSSR count). The van der Waals surface area contributed by atoms with Gasteiger partial charge in [0, 0.05) is 6.54 Å². The van der Waals surface area contributed by atoms with Crippen LogP contribution < -0.4 is 16.8 Å². The molecule has 6 heteroatoms. The summed E-state index contributed by atoms with van der Waals surface area (Å²) in [5, 5.41) is 21.7. The minimum atomic E-state index is -0.783. The van der Waals surface area contributed by atoms with Gasteiger partial charge in [0.05, 0.1) is 22.7 Å². The average molecular weight is 250 g/mol. The average Bonchev–Trinajstić information content (AvgIpc) is 2.29.